The SMILES string of the molecule is CC(C)Oc1cc2nc3[nH]c4ccc(Br)cc4c3nc2cc1OC(C)C. The van der Waals surface area contributed by atoms with E-state index in [1.165, 1.54) is 0 Å². The zero-order valence-electron chi connectivity index (χ0n) is 15.1. The number of aromatic nitrogens is 3. The topological polar surface area (TPSA) is 60.0 Å². The van der Waals surface area contributed by atoms with E-state index in [0.717, 1.165) is 37.6 Å². The molecule has 0 fully saturated rings. The average Bonchev–Trinajstić information content (AvgIpc) is 2.89. The molecule has 26 heavy (non-hydrogen) atoms. The number of aromatic amines is 1. The van der Waals surface area contributed by atoms with E-state index in [-0.39, 0.29) is 12.2 Å². The summed E-state index contributed by atoms with van der Waals surface area (Å²) in [6, 6.07) is 9.89. The Balaban J connectivity index is 1.97. The van der Waals surface area contributed by atoms with Crippen LogP contribution < -0.4 is 9.47 Å². The molecule has 0 aliphatic heterocycles. The van der Waals surface area contributed by atoms with Gasteiger partial charge in [-0.3, -0.25) is 0 Å². The van der Waals surface area contributed by atoms with E-state index in [1.807, 2.05) is 52.0 Å². The van der Waals surface area contributed by atoms with Crippen molar-refractivity contribution in [2.75, 3.05) is 0 Å². The van der Waals surface area contributed by atoms with Gasteiger partial charge < -0.3 is 14.5 Å². The highest BCUT2D eigenvalue weighted by atomic mass is 79.9. The smallest absolute Gasteiger partial charge is 0.163 e. The molecule has 134 valence electrons. The molecular weight excluding hydrogens is 394 g/mol. The molecule has 5 nitrogen and oxygen atoms in total. The van der Waals surface area contributed by atoms with Gasteiger partial charge in [0.15, 0.2) is 17.1 Å². The van der Waals surface area contributed by atoms with Gasteiger partial charge in [0, 0.05) is 27.5 Å². The Kier molecular flexibility index (Phi) is 4.23. The normalized spacial score (nSPS) is 12.0. The van der Waals surface area contributed by atoms with Crippen molar-refractivity contribution in [1.29, 1.82) is 0 Å². The fourth-order valence-corrected chi connectivity index (χ4v) is 3.34. The first-order valence-corrected chi connectivity index (χ1v) is 9.46. The molecular formula is C20H20BrN3O2. The number of halogens is 1. The summed E-state index contributed by atoms with van der Waals surface area (Å²) in [6.45, 7) is 7.98. The van der Waals surface area contributed by atoms with Gasteiger partial charge in [0.25, 0.3) is 0 Å². The third kappa shape index (κ3) is 3.09. The molecule has 1 N–H and O–H groups in total. The van der Waals surface area contributed by atoms with Crippen molar-refractivity contribution >= 4 is 49.0 Å². The lowest BCUT2D eigenvalue weighted by molar-refractivity contribution is 0.199. The zero-order valence-corrected chi connectivity index (χ0v) is 16.7. The lowest BCUT2D eigenvalue weighted by Crippen LogP contribution is -2.11. The number of hydrogen-bond donors (Lipinski definition) is 1. The molecule has 4 aromatic rings. The van der Waals surface area contributed by atoms with Crippen molar-refractivity contribution in [3.05, 3.63) is 34.8 Å². The van der Waals surface area contributed by atoms with Gasteiger partial charge in [0.2, 0.25) is 0 Å². The molecule has 0 saturated carbocycles. The summed E-state index contributed by atoms with van der Waals surface area (Å²) in [5.74, 6) is 1.38. The maximum Gasteiger partial charge on any atom is 0.163 e. The molecule has 0 bridgehead atoms. The Bertz CT molecular complexity index is 1120. The standard InChI is InChI=1S/C20H20BrN3O2/c1-10(2)25-17-8-15-16(9-18(17)26-11(3)4)24-20-19(22-15)13-7-12(21)5-6-14(13)23-20/h5-11H,1-4H3,(H,23,24). The Morgan fingerprint density at radius 2 is 1.50 bits per heavy atom. The van der Waals surface area contributed by atoms with Crippen LogP contribution in [-0.2, 0) is 0 Å². The van der Waals surface area contributed by atoms with Crippen LogP contribution in [0.4, 0.5) is 0 Å². The van der Waals surface area contributed by atoms with Crippen molar-refractivity contribution in [3.8, 4) is 11.5 Å². The fourth-order valence-electron chi connectivity index (χ4n) is 2.98. The van der Waals surface area contributed by atoms with Crippen LogP contribution in [0.15, 0.2) is 34.8 Å². The molecule has 0 spiro atoms. The molecule has 2 aromatic carbocycles. The maximum absolute atomic E-state index is 5.95. The Morgan fingerprint density at radius 1 is 0.885 bits per heavy atom. The van der Waals surface area contributed by atoms with Gasteiger partial charge in [-0.15, -0.1) is 0 Å². The van der Waals surface area contributed by atoms with Crippen molar-refractivity contribution in [2.45, 2.75) is 39.9 Å². The van der Waals surface area contributed by atoms with Crippen LogP contribution in [0.1, 0.15) is 27.7 Å². The molecule has 0 aliphatic carbocycles. The maximum atomic E-state index is 5.95. The summed E-state index contributed by atoms with van der Waals surface area (Å²) < 4.78 is 12.9. The summed E-state index contributed by atoms with van der Waals surface area (Å²) in [4.78, 5) is 12.9. The number of fused-ring (bicyclic) bond motifs is 4. The summed E-state index contributed by atoms with van der Waals surface area (Å²) in [5, 5.41) is 1.04. The van der Waals surface area contributed by atoms with E-state index in [1.54, 1.807) is 0 Å². The molecule has 0 unspecified atom stereocenters. The van der Waals surface area contributed by atoms with Crippen LogP contribution in [0, 0.1) is 0 Å². The first kappa shape index (κ1) is 17.1. The zero-order chi connectivity index (χ0) is 18.4. The van der Waals surface area contributed by atoms with Crippen LogP contribution in [0.3, 0.4) is 0 Å². The third-order valence-corrected chi connectivity index (χ3v) is 4.44. The highest BCUT2D eigenvalue weighted by Gasteiger charge is 2.15. The molecule has 4 rings (SSSR count). The van der Waals surface area contributed by atoms with E-state index >= 15 is 0 Å². The molecule has 0 saturated heterocycles. The predicted octanol–water partition coefficient (Wildman–Crippen LogP) is 5.60. The van der Waals surface area contributed by atoms with Crippen LogP contribution in [0.5, 0.6) is 11.5 Å². The number of rotatable bonds is 4. The number of H-pyrrole nitrogens is 1. The van der Waals surface area contributed by atoms with Gasteiger partial charge in [-0.1, -0.05) is 15.9 Å². The second-order valence-electron chi connectivity index (χ2n) is 6.86. The highest BCUT2D eigenvalue weighted by molar-refractivity contribution is 9.10. The Morgan fingerprint density at radius 3 is 2.12 bits per heavy atom. The molecule has 2 heterocycles. The number of ether oxygens (including phenoxy) is 2. The summed E-state index contributed by atoms with van der Waals surface area (Å²) >= 11 is 3.53. The number of nitrogens with one attached hydrogen (secondary N) is 1. The quantitative estimate of drug-likeness (QED) is 0.472. The summed E-state index contributed by atoms with van der Waals surface area (Å²) in [5.41, 5.74) is 4.18. The highest BCUT2D eigenvalue weighted by Crippen LogP contribution is 2.35. The fraction of sp³-hybridized carbons (Fsp3) is 0.300. The molecule has 2 aromatic heterocycles. The Hall–Kier alpha value is -2.34. The van der Waals surface area contributed by atoms with Crippen molar-refractivity contribution in [2.24, 2.45) is 0 Å². The lowest BCUT2D eigenvalue weighted by atomic mass is 10.2. The van der Waals surface area contributed by atoms with Crippen LogP contribution in [0.2, 0.25) is 0 Å². The minimum absolute atomic E-state index is 0.0442. The molecule has 0 radical (unpaired) electrons. The van der Waals surface area contributed by atoms with E-state index in [9.17, 15) is 0 Å². The number of nitrogens with zero attached hydrogens (tertiary/aromatic N) is 2. The van der Waals surface area contributed by atoms with Crippen LogP contribution in [0.25, 0.3) is 33.1 Å². The van der Waals surface area contributed by atoms with E-state index in [2.05, 4.69) is 27.0 Å². The molecule has 6 heteroatoms. The minimum atomic E-state index is 0.0442. The second kappa shape index (κ2) is 6.43. The predicted molar refractivity (Wildman–Crippen MR) is 108 cm³/mol. The van der Waals surface area contributed by atoms with Crippen molar-refractivity contribution < 1.29 is 9.47 Å². The molecule has 0 amide bonds. The first-order chi connectivity index (χ1) is 12.4. The molecule has 0 aliphatic rings. The first-order valence-electron chi connectivity index (χ1n) is 8.67. The van der Waals surface area contributed by atoms with E-state index in [4.69, 9.17) is 19.4 Å². The van der Waals surface area contributed by atoms with Gasteiger partial charge in [-0.2, -0.15) is 0 Å². The number of benzene rings is 2. The second-order valence-corrected chi connectivity index (χ2v) is 7.77. The van der Waals surface area contributed by atoms with Crippen molar-refractivity contribution in [3.63, 3.8) is 0 Å². The van der Waals surface area contributed by atoms with Crippen molar-refractivity contribution in [1.82, 2.24) is 15.0 Å². The van der Waals surface area contributed by atoms with Gasteiger partial charge >= 0.3 is 0 Å². The largest absolute Gasteiger partial charge is 0.487 e. The summed E-state index contributed by atoms with van der Waals surface area (Å²) in [7, 11) is 0. The lowest BCUT2D eigenvalue weighted by Gasteiger charge is -2.17. The van der Waals surface area contributed by atoms with E-state index < -0.39 is 0 Å². The average molecular weight is 414 g/mol. The van der Waals surface area contributed by atoms with Crippen LogP contribution >= 0.6 is 15.9 Å². The van der Waals surface area contributed by atoms with Gasteiger partial charge in [-0.25, -0.2) is 9.97 Å². The van der Waals surface area contributed by atoms with Gasteiger partial charge in [0.05, 0.1) is 23.2 Å². The van der Waals surface area contributed by atoms with Gasteiger partial charge in [0.1, 0.15) is 5.52 Å². The minimum Gasteiger partial charge on any atom is -0.487 e. The summed E-state index contributed by atoms with van der Waals surface area (Å²) in [6.07, 6.45) is 0.0896. The Labute approximate surface area is 159 Å². The number of hydrogen-bond acceptors (Lipinski definition) is 4. The van der Waals surface area contributed by atoms with E-state index in [0.29, 0.717) is 11.5 Å². The van der Waals surface area contributed by atoms with Crippen LogP contribution in [-0.4, -0.2) is 27.2 Å². The monoisotopic (exact) mass is 413 g/mol. The third-order valence-electron chi connectivity index (χ3n) is 3.94. The molecule has 0 atom stereocenters. The van der Waals surface area contributed by atoms with Gasteiger partial charge in [-0.05, 0) is 45.9 Å².